The molecule has 0 aliphatic carbocycles. The van der Waals surface area contributed by atoms with E-state index >= 15 is 0 Å². The number of aliphatic hydroxyl groups excluding tert-OH is 1. The van der Waals surface area contributed by atoms with Crippen molar-refractivity contribution in [3.63, 3.8) is 0 Å². The molecule has 0 radical (unpaired) electrons. The molecule has 0 bridgehead atoms. The molecule has 1 saturated heterocycles. The molecule has 1 fully saturated rings. The molecule has 1 atom stereocenters. The summed E-state index contributed by atoms with van der Waals surface area (Å²) in [4.78, 5) is 26.8. The first-order chi connectivity index (χ1) is 14.4. The third-order valence-electron chi connectivity index (χ3n) is 5.05. The van der Waals surface area contributed by atoms with Gasteiger partial charge in [0.25, 0.3) is 11.7 Å². The zero-order valence-electron chi connectivity index (χ0n) is 16.0. The number of halogens is 2. The zero-order valence-corrected chi connectivity index (χ0v) is 16.0. The maximum absolute atomic E-state index is 14.6. The molecule has 1 aliphatic heterocycles. The predicted molar refractivity (Wildman–Crippen MR) is 109 cm³/mol. The Morgan fingerprint density at radius 2 is 1.60 bits per heavy atom. The number of carbonyl (C=O) groups excluding carboxylic acids is 2. The van der Waals surface area contributed by atoms with Crippen LogP contribution in [0, 0.1) is 18.6 Å². The van der Waals surface area contributed by atoms with E-state index in [1.165, 1.54) is 0 Å². The highest BCUT2D eigenvalue weighted by Gasteiger charge is 2.47. The fourth-order valence-electron chi connectivity index (χ4n) is 3.58. The Balaban J connectivity index is 1.96. The molecule has 1 N–H and O–H groups in total. The standard InChI is InChI=1S/C24H17F2NO3/c1-14-7-9-16(10-8-14)22(28)20-21(15-5-3-2-4-6-15)27(24(30)23(20)29)19-12-11-17(25)13-18(19)26/h2-13,21,28H,1H3/b22-20+. The Kier molecular flexibility index (Phi) is 4.91. The molecule has 4 rings (SSSR count). The first kappa shape index (κ1) is 19.5. The molecular weight excluding hydrogens is 388 g/mol. The fourth-order valence-corrected chi connectivity index (χ4v) is 3.58. The predicted octanol–water partition coefficient (Wildman–Crippen LogP) is 4.90. The lowest BCUT2D eigenvalue weighted by Crippen LogP contribution is -2.30. The van der Waals surface area contributed by atoms with Gasteiger partial charge in [-0.25, -0.2) is 8.78 Å². The van der Waals surface area contributed by atoms with Crippen LogP contribution in [0.4, 0.5) is 14.5 Å². The Morgan fingerprint density at radius 1 is 0.933 bits per heavy atom. The van der Waals surface area contributed by atoms with Gasteiger partial charge in [-0.2, -0.15) is 0 Å². The quantitative estimate of drug-likeness (QED) is 0.383. The molecule has 6 heteroatoms. The molecule has 3 aromatic rings. The van der Waals surface area contributed by atoms with E-state index in [9.17, 15) is 23.5 Å². The lowest BCUT2D eigenvalue weighted by molar-refractivity contribution is -0.132. The largest absolute Gasteiger partial charge is 0.507 e. The maximum Gasteiger partial charge on any atom is 0.300 e. The minimum Gasteiger partial charge on any atom is -0.507 e. The average molecular weight is 405 g/mol. The van der Waals surface area contributed by atoms with Crippen LogP contribution in [0.2, 0.25) is 0 Å². The fraction of sp³-hybridized carbons (Fsp3) is 0.0833. The van der Waals surface area contributed by atoms with Crippen molar-refractivity contribution in [1.82, 2.24) is 0 Å². The van der Waals surface area contributed by atoms with Crippen molar-refractivity contribution in [3.8, 4) is 0 Å². The van der Waals surface area contributed by atoms with Crippen LogP contribution >= 0.6 is 0 Å². The van der Waals surface area contributed by atoms with E-state index in [2.05, 4.69) is 0 Å². The number of ketones is 1. The number of Topliss-reactive ketones (excluding diaryl/α,β-unsaturated/α-hetero) is 1. The van der Waals surface area contributed by atoms with Crippen LogP contribution in [-0.2, 0) is 9.59 Å². The van der Waals surface area contributed by atoms with Gasteiger partial charge in [0.05, 0.1) is 17.3 Å². The number of carbonyl (C=O) groups is 2. The average Bonchev–Trinajstić information content (AvgIpc) is 3.00. The van der Waals surface area contributed by atoms with Gasteiger partial charge >= 0.3 is 0 Å². The molecule has 30 heavy (non-hydrogen) atoms. The summed E-state index contributed by atoms with van der Waals surface area (Å²) < 4.78 is 28.0. The van der Waals surface area contributed by atoms with Gasteiger partial charge in [0, 0.05) is 11.6 Å². The SMILES string of the molecule is Cc1ccc(/C(O)=C2\C(=O)C(=O)N(c3ccc(F)cc3F)C2c2ccccc2)cc1. The number of aryl methyl sites for hydroxylation is 1. The summed E-state index contributed by atoms with van der Waals surface area (Å²) in [6.45, 7) is 1.88. The van der Waals surface area contributed by atoms with Gasteiger partial charge in [-0.05, 0) is 24.6 Å². The minimum atomic E-state index is -1.06. The second-order valence-corrected chi connectivity index (χ2v) is 7.04. The topological polar surface area (TPSA) is 57.6 Å². The molecule has 150 valence electrons. The summed E-state index contributed by atoms with van der Waals surface area (Å²) in [6.07, 6.45) is 0. The number of benzene rings is 3. The molecule has 1 heterocycles. The van der Waals surface area contributed by atoms with Gasteiger partial charge in [-0.1, -0.05) is 60.2 Å². The first-order valence-electron chi connectivity index (χ1n) is 9.26. The second-order valence-electron chi connectivity index (χ2n) is 7.04. The van der Waals surface area contributed by atoms with Crippen molar-refractivity contribution in [2.75, 3.05) is 4.90 Å². The van der Waals surface area contributed by atoms with Crippen LogP contribution in [0.25, 0.3) is 5.76 Å². The van der Waals surface area contributed by atoms with Crippen molar-refractivity contribution >= 4 is 23.1 Å². The Bertz CT molecular complexity index is 1170. The van der Waals surface area contributed by atoms with E-state index in [0.717, 1.165) is 22.6 Å². The van der Waals surface area contributed by atoms with Crippen LogP contribution in [0.5, 0.6) is 0 Å². The van der Waals surface area contributed by atoms with Crippen molar-refractivity contribution in [3.05, 3.63) is 107 Å². The smallest absolute Gasteiger partial charge is 0.300 e. The molecule has 1 amide bonds. The second kappa shape index (κ2) is 7.55. The molecule has 1 unspecified atom stereocenters. The summed E-state index contributed by atoms with van der Waals surface area (Å²) in [7, 11) is 0. The number of rotatable bonds is 3. The Labute approximate surface area is 171 Å². The van der Waals surface area contributed by atoms with E-state index < -0.39 is 29.4 Å². The molecule has 0 aromatic heterocycles. The number of nitrogens with zero attached hydrogens (tertiary/aromatic N) is 1. The van der Waals surface area contributed by atoms with Gasteiger partial charge in [-0.15, -0.1) is 0 Å². The van der Waals surface area contributed by atoms with Gasteiger partial charge in [0.15, 0.2) is 0 Å². The number of hydrogen-bond acceptors (Lipinski definition) is 3. The highest BCUT2D eigenvalue weighted by molar-refractivity contribution is 6.51. The van der Waals surface area contributed by atoms with E-state index in [0.29, 0.717) is 17.2 Å². The maximum atomic E-state index is 14.6. The number of hydrogen-bond donors (Lipinski definition) is 1. The summed E-state index contributed by atoms with van der Waals surface area (Å²) in [5.74, 6) is -4.07. The van der Waals surface area contributed by atoms with Crippen molar-refractivity contribution in [1.29, 1.82) is 0 Å². The summed E-state index contributed by atoms with van der Waals surface area (Å²) in [5, 5.41) is 10.9. The Hall–Kier alpha value is -3.80. The third-order valence-corrected chi connectivity index (χ3v) is 5.05. The zero-order chi connectivity index (χ0) is 21.4. The van der Waals surface area contributed by atoms with Crippen LogP contribution in [0.3, 0.4) is 0 Å². The number of anilines is 1. The van der Waals surface area contributed by atoms with E-state index in [-0.39, 0.29) is 17.0 Å². The molecular formula is C24H17F2NO3. The van der Waals surface area contributed by atoms with Crippen molar-refractivity contribution in [2.45, 2.75) is 13.0 Å². The van der Waals surface area contributed by atoms with Crippen molar-refractivity contribution < 1.29 is 23.5 Å². The molecule has 4 nitrogen and oxygen atoms in total. The minimum absolute atomic E-state index is 0.154. The normalized spacial score (nSPS) is 18.1. The number of amides is 1. The summed E-state index contributed by atoms with van der Waals surface area (Å²) >= 11 is 0. The monoisotopic (exact) mass is 405 g/mol. The van der Waals surface area contributed by atoms with E-state index in [1.807, 2.05) is 6.92 Å². The van der Waals surface area contributed by atoms with E-state index in [1.54, 1.807) is 54.6 Å². The van der Waals surface area contributed by atoms with Crippen LogP contribution in [0.15, 0.2) is 78.4 Å². The molecule has 0 spiro atoms. The molecule has 1 aliphatic rings. The van der Waals surface area contributed by atoms with E-state index in [4.69, 9.17) is 0 Å². The van der Waals surface area contributed by atoms with Crippen molar-refractivity contribution in [2.24, 2.45) is 0 Å². The van der Waals surface area contributed by atoms with Crippen LogP contribution in [0.1, 0.15) is 22.7 Å². The van der Waals surface area contributed by atoms with Crippen LogP contribution in [-0.4, -0.2) is 16.8 Å². The van der Waals surface area contributed by atoms with Gasteiger partial charge in [0.2, 0.25) is 0 Å². The lowest BCUT2D eigenvalue weighted by Gasteiger charge is -2.25. The molecule has 3 aromatic carbocycles. The highest BCUT2D eigenvalue weighted by Crippen LogP contribution is 2.42. The first-order valence-corrected chi connectivity index (χ1v) is 9.26. The van der Waals surface area contributed by atoms with Gasteiger partial charge in [-0.3, -0.25) is 14.5 Å². The lowest BCUT2D eigenvalue weighted by atomic mass is 9.95. The third kappa shape index (κ3) is 3.26. The summed E-state index contributed by atoms with van der Waals surface area (Å²) in [5.41, 5.74) is 1.43. The van der Waals surface area contributed by atoms with Gasteiger partial charge < -0.3 is 5.11 Å². The highest BCUT2D eigenvalue weighted by atomic mass is 19.1. The molecule has 0 saturated carbocycles. The van der Waals surface area contributed by atoms with Gasteiger partial charge in [0.1, 0.15) is 17.4 Å². The summed E-state index contributed by atoms with van der Waals surface area (Å²) in [6, 6.07) is 17.0. The number of aliphatic hydroxyl groups is 1. The van der Waals surface area contributed by atoms with Crippen LogP contribution < -0.4 is 4.90 Å². The Morgan fingerprint density at radius 3 is 2.23 bits per heavy atom.